The summed E-state index contributed by atoms with van der Waals surface area (Å²) < 4.78 is 5.10. The lowest BCUT2D eigenvalue weighted by molar-refractivity contribution is 0.0947. The van der Waals surface area contributed by atoms with Crippen molar-refractivity contribution in [2.24, 2.45) is 0 Å². The molecule has 0 aliphatic carbocycles. The third-order valence-corrected chi connectivity index (χ3v) is 4.08. The summed E-state index contributed by atoms with van der Waals surface area (Å²) in [6.45, 7) is 0.369. The van der Waals surface area contributed by atoms with E-state index in [1.807, 2.05) is 35.7 Å². The molecule has 0 fully saturated rings. The van der Waals surface area contributed by atoms with Crippen LogP contribution in [0.15, 0.2) is 54.0 Å². The molecule has 2 aromatic heterocycles. The van der Waals surface area contributed by atoms with Crippen LogP contribution in [0.4, 0.5) is 0 Å². The normalized spacial score (nSPS) is 10.3. The third kappa shape index (κ3) is 3.54. The maximum Gasteiger partial charge on any atom is 0.257 e. The van der Waals surface area contributed by atoms with Gasteiger partial charge in [-0.05, 0) is 12.1 Å². The molecule has 5 nitrogen and oxygen atoms in total. The molecular formula is C17H15N3O2S. The van der Waals surface area contributed by atoms with E-state index in [9.17, 15) is 4.79 Å². The van der Waals surface area contributed by atoms with Gasteiger partial charge in [0.05, 0.1) is 19.3 Å². The van der Waals surface area contributed by atoms with Gasteiger partial charge in [-0.15, -0.1) is 11.3 Å². The van der Waals surface area contributed by atoms with E-state index in [1.165, 1.54) is 18.4 Å². The Kier molecular flexibility index (Phi) is 4.63. The molecule has 3 aromatic rings. The van der Waals surface area contributed by atoms with Crippen LogP contribution in [0.3, 0.4) is 0 Å². The highest BCUT2D eigenvalue weighted by Crippen LogP contribution is 2.21. The van der Waals surface area contributed by atoms with Crippen molar-refractivity contribution in [3.05, 3.63) is 64.6 Å². The minimum absolute atomic E-state index is 0.230. The maximum absolute atomic E-state index is 12.2. The van der Waals surface area contributed by atoms with Gasteiger partial charge in [0.1, 0.15) is 10.6 Å². The van der Waals surface area contributed by atoms with Gasteiger partial charge in [-0.3, -0.25) is 4.79 Å². The van der Waals surface area contributed by atoms with Gasteiger partial charge in [0.25, 0.3) is 5.91 Å². The molecule has 0 radical (unpaired) electrons. The molecule has 0 bridgehead atoms. The molecule has 0 spiro atoms. The zero-order valence-corrected chi connectivity index (χ0v) is 13.3. The van der Waals surface area contributed by atoms with E-state index in [1.54, 1.807) is 18.3 Å². The Morgan fingerprint density at radius 2 is 2.04 bits per heavy atom. The Morgan fingerprint density at radius 3 is 2.83 bits per heavy atom. The van der Waals surface area contributed by atoms with Crippen molar-refractivity contribution >= 4 is 17.2 Å². The standard InChI is InChI=1S/C17H15N3O2S/c1-22-17-13(8-5-9-18-17)16(21)19-10-15-20-14(11-23-15)12-6-3-2-4-7-12/h2-9,11H,10H2,1H3,(H,19,21). The topological polar surface area (TPSA) is 64.1 Å². The zero-order valence-electron chi connectivity index (χ0n) is 12.5. The van der Waals surface area contributed by atoms with Crippen molar-refractivity contribution in [2.45, 2.75) is 6.54 Å². The van der Waals surface area contributed by atoms with Crippen LogP contribution in [0.1, 0.15) is 15.4 Å². The molecule has 0 saturated carbocycles. The van der Waals surface area contributed by atoms with Gasteiger partial charge in [0.15, 0.2) is 0 Å². The lowest BCUT2D eigenvalue weighted by atomic mass is 10.2. The highest BCUT2D eigenvalue weighted by molar-refractivity contribution is 7.09. The van der Waals surface area contributed by atoms with Crippen molar-refractivity contribution < 1.29 is 9.53 Å². The van der Waals surface area contributed by atoms with Crippen LogP contribution in [-0.2, 0) is 6.54 Å². The Bertz CT molecular complexity index is 802. The largest absolute Gasteiger partial charge is 0.480 e. The van der Waals surface area contributed by atoms with Crippen LogP contribution in [-0.4, -0.2) is 23.0 Å². The van der Waals surface area contributed by atoms with Crippen LogP contribution < -0.4 is 10.1 Å². The smallest absolute Gasteiger partial charge is 0.257 e. The fourth-order valence-electron chi connectivity index (χ4n) is 2.11. The average molecular weight is 325 g/mol. The monoisotopic (exact) mass is 325 g/mol. The first-order valence-electron chi connectivity index (χ1n) is 7.05. The van der Waals surface area contributed by atoms with Crippen LogP contribution >= 0.6 is 11.3 Å². The van der Waals surface area contributed by atoms with Crippen molar-refractivity contribution in [3.63, 3.8) is 0 Å². The van der Waals surface area contributed by atoms with E-state index >= 15 is 0 Å². The van der Waals surface area contributed by atoms with E-state index in [4.69, 9.17) is 4.74 Å². The number of hydrogen-bond acceptors (Lipinski definition) is 5. The van der Waals surface area contributed by atoms with Crippen molar-refractivity contribution in [2.75, 3.05) is 7.11 Å². The van der Waals surface area contributed by atoms with Gasteiger partial charge in [-0.2, -0.15) is 0 Å². The average Bonchev–Trinajstić information content (AvgIpc) is 3.09. The summed E-state index contributed by atoms with van der Waals surface area (Å²) in [4.78, 5) is 20.8. The Balaban J connectivity index is 1.67. The number of benzene rings is 1. The second-order valence-electron chi connectivity index (χ2n) is 4.74. The van der Waals surface area contributed by atoms with E-state index in [0.717, 1.165) is 16.3 Å². The van der Waals surface area contributed by atoms with Crippen LogP contribution in [0.5, 0.6) is 5.88 Å². The van der Waals surface area contributed by atoms with Crippen molar-refractivity contribution in [3.8, 4) is 17.1 Å². The number of aromatic nitrogens is 2. The summed E-state index contributed by atoms with van der Waals surface area (Å²) >= 11 is 1.52. The molecule has 6 heteroatoms. The van der Waals surface area contributed by atoms with Gasteiger partial charge >= 0.3 is 0 Å². The summed E-state index contributed by atoms with van der Waals surface area (Å²) in [5.41, 5.74) is 2.39. The van der Waals surface area contributed by atoms with E-state index in [-0.39, 0.29) is 5.91 Å². The summed E-state index contributed by atoms with van der Waals surface area (Å²) in [5, 5.41) is 5.68. The highest BCUT2D eigenvalue weighted by Gasteiger charge is 2.13. The number of nitrogens with zero attached hydrogens (tertiary/aromatic N) is 2. The minimum atomic E-state index is -0.230. The molecule has 1 N–H and O–H groups in total. The summed E-state index contributed by atoms with van der Waals surface area (Å²) in [6, 6.07) is 13.3. The number of hydrogen-bond donors (Lipinski definition) is 1. The van der Waals surface area contributed by atoms with Gasteiger partial charge in [0.2, 0.25) is 5.88 Å². The Morgan fingerprint density at radius 1 is 1.22 bits per heavy atom. The van der Waals surface area contributed by atoms with Gasteiger partial charge in [-0.1, -0.05) is 30.3 Å². The molecule has 0 aliphatic rings. The molecule has 0 atom stereocenters. The van der Waals surface area contributed by atoms with Gasteiger partial charge < -0.3 is 10.1 Å². The number of methoxy groups -OCH3 is 1. The molecule has 0 saturated heterocycles. The molecule has 1 amide bonds. The second-order valence-corrected chi connectivity index (χ2v) is 5.68. The van der Waals surface area contributed by atoms with E-state index < -0.39 is 0 Å². The molecular weight excluding hydrogens is 310 g/mol. The predicted octanol–water partition coefficient (Wildman–Crippen LogP) is 3.14. The zero-order chi connectivity index (χ0) is 16.1. The lowest BCUT2D eigenvalue weighted by Gasteiger charge is -2.06. The number of pyridine rings is 1. The number of carbonyl (C=O) groups excluding carboxylic acids is 1. The minimum Gasteiger partial charge on any atom is -0.480 e. The lowest BCUT2D eigenvalue weighted by Crippen LogP contribution is -2.23. The van der Waals surface area contributed by atoms with Crippen molar-refractivity contribution in [1.82, 2.24) is 15.3 Å². The molecule has 116 valence electrons. The summed E-state index contributed by atoms with van der Waals surface area (Å²) in [7, 11) is 1.49. The SMILES string of the molecule is COc1ncccc1C(=O)NCc1nc(-c2ccccc2)cs1. The van der Waals surface area contributed by atoms with Gasteiger partial charge in [0, 0.05) is 17.1 Å². The predicted molar refractivity (Wildman–Crippen MR) is 89.5 cm³/mol. The highest BCUT2D eigenvalue weighted by atomic mass is 32.1. The van der Waals surface area contributed by atoms with Crippen LogP contribution in [0.2, 0.25) is 0 Å². The first-order chi connectivity index (χ1) is 11.3. The number of nitrogens with one attached hydrogen (secondary N) is 1. The van der Waals surface area contributed by atoms with Crippen LogP contribution in [0, 0.1) is 0 Å². The molecule has 2 heterocycles. The molecule has 3 rings (SSSR count). The number of thiazole rings is 1. The molecule has 0 aliphatic heterocycles. The maximum atomic E-state index is 12.2. The van der Waals surface area contributed by atoms with Crippen LogP contribution in [0.25, 0.3) is 11.3 Å². The number of ether oxygens (including phenoxy) is 1. The summed E-state index contributed by atoms with van der Waals surface area (Å²) in [6.07, 6.45) is 1.59. The number of carbonyl (C=O) groups is 1. The Labute approximate surface area is 138 Å². The molecule has 23 heavy (non-hydrogen) atoms. The quantitative estimate of drug-likeness (QED) is 0.783. The Hall–Kier alpha value is -2.73. The van der Waals surface area contributed by atoms with E-state index in [0.29, 0.717) is 18.0 Å². The number of rotatable bonds is 5. The fourth-order valence-corrected chi connectivity index (χ4v) is 2.85. The summed E-state index contributed by atoms with van der Waals surface area (Å²) in [5.74, 6) is 0.0838. The first-order valence-corrected chi connectivity index (χ1v) is 7.93. The van der Waals surface area contributed by atoms with Crippen molar-refractivity contribution in [1.29, 1.82) is 0 Å². The fraction of sp³-hybridized carbons (Fsp3) is 0.118. The number of amides is 1. The molecule has 0 unspecified atom stereocenters. The molecule has 1 aromatic carbocycles. The van der Waals surface area contributed by atoms with Gasteiger partial charge in [-0.25, -0.2) is 9.97 Å². The first kappa shape index (κ1) is 15.2. The third-order valence-electron chi connectivity index (χ3n) is 3.23. The second kappa shape index (κ2) is 7.02. The van der Waals surface area contributed by atoms with E-state index in [2.05, 4.69) is 15.3 Å².